The van der Waals surface area contributed by atoms with Crippen LogP contribution in [0.1, 0.15) is 42.4 Å². The van der Waals surface area contributed by atoms with Gasteiger partial charge in [-0.3, -0.25) is 14.4 Å². The maximum absolute atomic E-state index is 12.4. The first-order valence-corrected chi connectivity index (χ1v) is 9.23. The zero-order valence-electron chi connectivity index (χ0n) is 15.7. The van der Waals surface area contributed by atoms with Gasteiger partial charge < -0.3 is 10.5 Å². The van der Waals surface area contributed by atoms with E-state index >= 15 is 0 Å². The fourth-order valence-corrected chi connectivity index (χ4v) is 3.59. The molecule has 3 rings (SSSR count). The zero-order chi connectivity index (χ0) is 19.4. The highest BCUT2D eigenvalue weighted by Crippen LogP contribution is 2.26. The van der Waals surface area contributed by atoms with Gasteiger partial charge >= 0.3 is 5.97 Å². The van der Waals surface area contributed by atoms with Crippen molar-refractivity contribution in [2.45, 2.75) is 39.0 Å². The summed E-state index contributed by atoms with van der Waals surface area (Å²) < 4.78 is 7.71. The lowest BCUT2D eigenvalue weighted by Gasteiger charge is -2.18. The molecule has 2 heterocycles. The summed E-state index contributed by atoms with van der Waals surface area (Å²) in [6.07, 6.45) is 1.63. The Hall–Kier alpha value is -2.67. The zero-order valence-corrected chi connectivity index (χ0v) is 15.7. The van der Waals surface area contributed by atoms with Gasteiger partial charge in [0.05, 0.1) is 11.3 Å². The van der Waals surface area contributed by atoms with Gasteiger partial charge in [-0.25, -0.2) is 4.79 Å². The molecular formula is C20H26N4O3. The summed E-state index contributed by atoms with van der Waals surface area (Å²) in [5.74, 6) is -0.857. The van der Waals surface area contributed by atoms with Gasteiger partial charge in [-0.2, -0.15) is 5.10 Å². The summed E-state index contributed by atoms with van der Waals surface area (Å²) in [4.78, 5) is 26.1. The minimum absolute atomic E-state index is 0.106. The second-order valence-electron chi connectivity index (χ2n) is 7.30. The average molecular weight is 370 g/mol. The lowest BCUT2D eigenvalue weighted by molar-refractivity contribution is -0.119. The van der Waals surface area contributed by atoms with E-state index in [1.54, 1.807) is 30.5 Å². The Bertz CT molecular complexity index is 788. The Kier molecular flexibility index (Phi) is 5.91. The second-order valence-corrected chi connectivity index (χ2v) is 7.30. The minimum atomic E-state index is -0.380. The summed E-state index contributed by atoms with van der Waals surface area (Å²) in [6.45, 7) is 6.08. The van der Waals surface area contributed by atoms with Gasteiger partial charge in [0.1, 0.15) is 6.10 Å². The van der Waals surface area contributed by atoms with E-state index in [0.717, 1.165) is 5.69 Å². The molecule has 7 nitrogen and oxygen atoms in total. The van der Waals surface area contributed by atoms with Crippen LogP contribution in [0.15, 0.2) is 42.6 Å². The van der Waals surface area contributed by atoms with Crippen molar-refractivity contribution >= 4 is 11.9 Å². The largest absolute Gasteiger partial charge is 0.457 e. The van der Waals surface area contributed by atoms with Gasteiger partial charge in [0, 0.05) is 44.2 Å². The maximum Gasteiger partial charge on any atom is 0.338 e. The van der Waals surface area contributed by atoms with Crippen LogP contribution >= 0.6 is 0 Å². The Morgan fingerprint density at radius 3 is 2.63 bits per heavy atom. The van der Waals surface area contributed by atoms with Crippen molar-refractivity contribution in [3.05, 3.63) is 53.9 Å². The standard InChI is InChI=1S/C20H26N4O3/c1-14(2)24-17(8-9-22-24)12-23-11-16(10-19(21)25)18(13-23)27-20(26)15-6-4-3-5-7-15/h3-9,14,16,18H,10-13H2,1-2H3,(H2,21,25)/t16-,18+/m0/s1. The first kappa shape index (κ1) is 19.1. The molecule has 2 atom stereocenters. The molecule has 1 aliphatic rings. The number of hydrogen-bond donors (Lipinski definition) is 1. The highest BCUT2D eigenvalue weighted by atomic mass is 16.5. The van der Waals surface area contributed by atoms with Gasteiger partial charge in [0.15, 0.2) is 0 Å². The summed E-state index contributed by atoms with van der Waals surface area (Å²) in [5.41, 5.74) is 7.01. The molecule has 1 saturated heterocycles. The van der Waals surface area contributed by atoms with Crippen LogP contribution in [0.5, 0.6) is 0 Å². The fourth-order valence-electron chi connectivity index (χ4n) is 3.59. The Balaban J connectivity index is 1.69. The number of esters is 1. The van der Waals surface area contributed by atoms with Gasteiger partial charge in [-0.05, 0) is 32.0 Å². The van der Waals surface area contributed by atoms with Crippen LogP contribution in [0.2, 0.25) is 0 Å². The summed E-state index contributed by atoms with van der Waals surface area (Å²) in [6, 6.07) is 11.1. The molecule has 1 aromatic carbocycles. The molecule has 0 spiro atoms. The SMILES string of the molecule is CC(C)n1nccc1CN1C[C@H](CC(N)=O)[C@H](OC(=O)c2ccccc2)C1. The highest BCUT2D eigenvalue weighted by molar-refractivity contribution is 5.89. The molecule has 0 saturated carbocycles. The number of carbonyl (C=O) groups excluding carboxylic acids is 2. The smallest absolute Gasteiger partial charge is 0.338 e. The number of hydrogen-bond acceptors (Lipinski definition) is 5. The van der Waals surface area contributed by atoms with E-state index < -0.39 is 0 Å². The third kappa shape index (κ3) is 4.74. The van der Waals surface area contributed by atoms with Crippen LogP contribution in [0.4, 0.5) is 0 Å². The molecule has 7 heteroatoms. The third-order valence-corrected chi connectivity index (χ3v) is 4.81. The number of primary amides is 1. The molecule has 0 unspecified atom stereocenters. The monoisotopic (exact) mass is 370 g/mol. The molecule has 1 fully saturated rings. The van der Waals surface area contributed by atoms with E-state index in [2.05, 4.69) is 23.8 Å². The number of rotatable bonds is 7. The molecule has 0 aliphatic carbocycles. The number of nitrogens with zero attached hydrogens (tertiary/aromatic N) is 3. The predicted molar refractivity (Wildman–Crippen MR) is 101 cm³/mol. The molecule has 1 amide bonds. The molecule has 1 aliphatic heterocycles. The van der Waals surface area contributed by atoms with Crippen LogP contribution in [-0.2, 0) is 16.1 Å². The van der Waals surface area contributed by atoms with Crippen molar-refractivity contribution < 1.29 is 14.3 Å². The number of aromatic nitrogens is 2. The predicted octanol–water partition coefficient (Wildman–Crippen LogP) is 2.00. The average Bonchev–Trinajstić information content (AvgIpc) is 3.23. The first-order valence-electron chi connectivity index (χ1n) is 9.23. The molecule has 0 bridgehead atoms. The topological polar surface area (TPSA) is 90.5 Å². The van der Waals surface area contributed by atoms with Gasteiger partial charge in [-0.1, -0.05) is 18.2 Å². The number of ether oxygens (including phenoxy) is 1. The van der Waals surface area contributed by atoms with Crippen molar-refractivity contribution in [3.63, 3.8) is 0 Å². The van der Waals surface area contributed by atoms with E-state index in [9.17, 15) is 9.59 Å². The number of benzene rings is 1. The minimum Gasteiger partial charge on any atom is -0.457 e. The van der Waals surface area contributed by atoms with E-state index in [1.165, 1.54) is 0 Å². The van der Waals surface area contributed by atoms with Crippen LogP contribution in [0, 0.1) is 5.92 Å². The Morgan fingerprint density at radius 2 is 1.96 bits per heavy atom. The fraction of sp³-hybridized carbons (Fsp3) is 0.450. The molecule has 2 aromatic rings. The van der Waals surface area contributed by atoms with Crippen LogP contribution in [0.3, 0.4) is 0 Å². The molecule has 1 aromatic heterocycles. The van der Waals surface area contributed by atoms with Crippen LogP contribution in [0.25, 0.3) is 0 Å². The van der Waals surface area contributed by atoms with Crippen molar-refractivity contribution in [1.82, 2.24) is 14.7 Å². The molecule has 0 radical (unpaired) electrons. The maximum atomic E-state index is 12.4. The summed E-state index contributed by atoms with van der Waals surface area (Å²) in [7, 11) is 0. The van der Waals surface area contributed by atoms with Gasteiger partial charge in [-0.15, -0.1) is 0 Å². The molecule has 144 valence electrons. The highest BCUT2D eigenvalue weighted by Gasteiger charge is 2.37. The van der Waals surface area contributed by atoms with Crippen molar-refractivity contribution in [2.75, 3.05) is 13.1 Å². The van der Waals surface area contributed by atoms with E-state index in [0.29, 0.717) is 25.2 Å². The number of amides is 1. The second kappa shape index (κ2) is 8.35. The lowest BCUT2D eigenvalue weighted by atomic mass is 10.0. The van der Waals surface area contributed by atoms with E-state index in [1.807, 2.05) is 16.8 Å². The van der Waals surface area contributed by atoms with E-state index in [-0.39, 0.29) is 36.4 Å². The van der Waals surface area contributed by atoms with Crippen LogP contribution in [-0.4, -0.2) is 45.8 Å². The van der Waals surface area contributed by atoms with Crippen molar-refractivity contribution in [3.8, 4) is 0 Å². The van der Waals surface area contributed by atoms with Gasteiger partial charge in [0.25, 0.3) is 0 Å². The Morgan fingerprint density at radius 1 is 1.22 bits per heavy atom. The number of likely N-dealkylation sites (tertiary alicyclic amines) is 1. The number of carbonyl (C=O) groups is 2. The first-order chi connectivity index (χ1) is 12.9. The van der Waals surface area contributed by atoms with Gasteiger partial charge in [0.2, 0.25) is 5.91 Å². The normalized spacial score (nSPS) is 20.1. The molecular weight excluding hydrogens is 344 g/mol. The Labute approximate surface area is 159 Å². The lowest BCUT2D eigenvalue weighted by Crippen LogP contribution is -2.29. The quantitative estimate of drug-likeness (QED) is 0.753. The molecule has 27 heavy (non-hydrogen) atoms. The van der Waals surface area contributed by atoms with Crippen molar-refractivity contribution in [1.29, 1.82) is 0 Å². The van der Waals surface area contributed by atoms with E-state index in [4.69, 9.17) is 10.5 Å². The van der Waals surface area contributed by atoms with Crippen LogP contribution < -0.4 is 5.73 Å². The third-order valence-electron chi connectivity index (χ3n) is 4.81. The summed E-state index contributed by atoms with van der Waals surface area (Å²) >= 11 is 0. The van der Waals surface area contributed by atoms with Crippen molar-refractivity contribution in [2.24, 2.45) is 11.7 Å². The molecule has 2 N–H and O–H groups in total. The summed E-state index contributed by atoms with van der Waals surface area (Å²) in [5, 5.41) is 4.36. The number of nitrogens with two attached hydrogens (primary N) is 1.